The van der Waals surface area contributed by atoms with Crippen molar-refractivity contribution in [2.24, 2.45) is 10.4 Å². The maximum atomic E-state index is 12.5. The van der Waals surface area contributed by atoms with Crippen LogP contribution in [0.25, 0.3) is 0 Å². The number of likely N-dealkylation sites (tertiary alicyclic amines) is 1. The Labute approximate surface area is 147 Å². The van der Waals surface area contributed by atoms with Gasteiger partial charge in [-0.15, -0.1) is 0 Å². The predicted octanol–water partition coefficient (Wildman–Crippen LogP) is 1.34. The quantitative estimate of drug-likeness (QED) is 0.470. The van der Waals surface area contributed by atoms with Crippen LogP contribution in [-0.4, -0.2) is 68.3 Å². The van der Waals surface area contributed by atoms with Crippen molar-refractivity contribution in [2.75, 3.05) is 39.3 Å². The molecule has 0 spiro atoms. The van der Waals surface area contributed by atoms with E-state index >= 15 is 0 Å². The SMILES string of the molecule is CCNC(=O)C(C)(C)CN=C(NCC)NC1CCN(CC(F)(F)F)C1. The normalized spacial score (nSPS) is 19.8. The molecule has 0 saturated carbocycles. The second-order valence-corrected chi connectivity index (χ2v) is 6.92. The third-order valence-electron chi connectivity index (χ3n) is 3.94. The molecule has 0 aromatic heterocycles. The zero-order valence-corrected chi connectivity index (χ0v) is 15.5. The monoisotopic (exact) mass is 365 g/mol. The molecule has 9 heteroatoms. The molecule has 1 aliphatic rings. The van der Waals surface area contributed by atoms with Gasteiger partial charge in [-0.25, -0.2) is 0 Å². The Bertz CT molecular complexity index is 465. The Morgan fingerprint density at radius 2 is 1.84 bits per heavy atom. The van der Waals surface area contributed by atoms with Crippen LogP contribution in [0.2, 0.25) is 0 Å². The fraction of sp³-hybridized carbons (Fsp3) is 0.875. The molecule has 0 aromatic rings. The van der Waals surface area contributed by atoms with Gasteiger partial charge in [0, 0.05) is 32.2 Å². The van der Waals surface area contributed by atoms with Crippen molar-refractivity contribution >= 4 is 11.9 Å². The van der Waals surface area contributed by atoms with Gasteiger partial charge in [0.1, 0.15) is 0 Å². The maximum Gasteiger partial charge on any atom is 0.401 e. The third-order valence-corrected chi connectivity index (χ3v) is 3.94. The highest BCUT2D eigenvalue weighted by Gasteiger charge is 2.34. The molecule has 1 fully saturated rings. The molecule has 1 saturated heterocycles. The zero-order valence-electron chi connectivity index (χ0n) is 15.5. The number of carbonyl (C=O) groups is 1. The number of carbonyl (C=O) groups excluding carboxylic acids is 1. The van der Waals surface area contributed by atoms with Gasteiger partial charge in [-0.05, 0) is 34.1 Å². The van der Waals surface area contributed by atoms with Crippen molar-refractivity contribution in [3.63, 3.8) is 0 Å². The minimum Gasteiger partial charge on any atom is -0.357 e. The van der Waals surface area contributed by atoms with Gasteiger partial charge in [0.25, 0.3) is 0 Å². The van der Waals surface area contributed by atoms with E-state index in [2.05, 4.69) is 20.9 Å². The molecule has 1 atom stereocenters. The van der Waals surface area contributed by atoms with E-state index < -0.39 is 18.1 Å². The average Bonchev–Trinajstić information content (AvgIpc) is 2.90. The van der Waals surface area contributed by atoms with Crippen LogP contribution in [0.15, 0.2) is 4.99 Å². The van der Waals surface area contributed by atoms with Crippen LogP contribution in [-0.2, 0) is 4.79 Å². The lowest BCUT2D eigenvalue weighted by molar-refractivity contribution is -0.143. The van der Waals surface area contributed by atoms with Gasteiger partial charge in [0.2, 0.25) is 5.91 Å². The van der Waals surface area contributed by atoms with Crippen LogP contribution in [0, 0.1) is 5.41 Å². The number of aliphatic imine (C=N–C) groups is 1. The number of hydrogen-bond acceptors (Lipinski definition) is 3. The summed E-state index contributed by atoms with van der Waals surface area (Å²) in [6.07, 6.45) is -3.55. The number of halogens is 3. The van der Waals surface area contributed by atoms with E-state index in [1.807, 2.05) is 27.7 Å². The fourth-order valence-corrected chi connectivity index (χ4v) is 2.61. The second kappa shape index (κ2) is 9.26. The molecule has 1 heterocycles. The predicted molar refractivity (Wildman–Crippen MR) is 92.5 cm³/mol. The molecule has 0 aliphatic carbocycles. The number of alkyl halides is 3. The second-order valence-electron chi connectivity index (χ2n) is 6.92. The van der Waals surface area contributed by atoms with Gasteiger partial charge in [-0.2, -0.15) is 13.2 Å². The Kier molecular flexibility index (Phi) is 7.98. The molecule has 1 amide bonds. The van der Waals surface area contributed by atoms with Crippen LogP contribution >= 0.6 is 0 Å². The summed E-state index contributed by atoms with van der Waals surface area (Å²) in [5.74, 6) is 0.450. The Morgan fingerprint density at radius 1 is 1.20 bits per heavy atom. The van der Waals surface area contributed by atoms with Crippen molar-refractivity contribution in [1.29, 1.82) is 0 Å². The molecule has 0 bridgehead atoms. The highest BCUT2D eigenvalue weighted by molar-refractivity contribution is 5.83. The Morgan fingerprint density at radius 3 is 2.40 bits per heavy atom. The number of hydrogen-bond donors (Lipinski definition) is 3. The van der Waals surface area contributed by atoms with E-state index in [4.69, 9.17) is 0 Å². The first-order valence-corrected chi connectivity index (χ1v) is 8.69. The Balaban J connectivity index is 2.61. The highest BCUT2D eigenvalue weighted by Crippen LogP contribution is 2.20. The van der Waals surface area contributed by atoms with Crippen LogP contribution in [0.4, 0.5) is 13.2 Å². The van der Waals surface area contributed by atoms with Gasteiger partial charge < -0.3 is 16.0 Å². The van der Waals surface area contributed by atoms with Crippen molar-refractivity contribution in [1.82, 2.24) is 20.9 Å². The minimum absolute atomic E-state index is 0.0770. The van der Waals surface area contributed by atoms with Gasteiger partial charge in [0.15, 0.2) is 5.96 Å². The zero-order chi connectivity index (χ0) is 19.1. The van der Waals surface area contributed by atoms with E-state index in [0.717, 1.165) is 0 Å². The minimum atomic E-state index is -4.18. The molecule has 0 aromatic carbocycles. The lowest BCUT2D eigenvalue weighted by Gasteiger charge is -2.23. The van der Waals surface area contributed by atoms with Gasteiger partial charge in [0.05, 0.1) is 18.5 Å². The molecular formula is C16H30F3N5O. The number of nitrogens with zero attached hydrogens (tertiary/aromatic N) is 2. The van der Waals surface area contributed by atoms with E-state index in [0.29, 0.717) is 38.6 Å². The standard InChI is InChI=1S/C16H30F3N5O/c1-5-20-13(25)15(3,4)10-22-14(21-6-2)23-12-7-8-24(9-12)11-16(17,18)19/h12H,5-11H2,1-4H3,(H,20,25)(H2,21,22,23). The van der Waals surface area contributed by atoms with E-state index in [-0.39, 0.29) is 18.5 Å². The van der Waals surface area contributed by atoms with Crippen molar-refractivity contribution in [3.8, 4) is 0 Å². The van der Waals surface area contributed by atoms with Crippen molar-refractivity contribution < 1.29 is 18.0 Å². The highest BCUT2D eigenvalue weighted by atomic mass is 19.4. The average molecular weight is 365 g/mol. The van der Waals surface area contributed by atoms with Gasteiger partial charge in [-0.1, -0.05) is 0 Å². The first-order chi connectivity index (χ1) is 11.6. The van der Waals surface area contributed by atoms with Crippen LogP contribution in [0.5, 0.6) is 0 Å². The Hall–Kier alpha value is -1.51. The van der Waals surface area contributed by atoms with Gasteiger partial charge >= 0.3 is 6.18 Å². The molecular weight excluding hydrogens is 335 g/mol. The largest absolute Gasteiger partial charge is 0.401 e. The van der Waals surface area contributed by atoms with Crippen LogP contribution in [0.3, 0.4) is 0 Å². The molecule has 3 N–H and O–H groups in total. The summed E-state index contributed by atoms with van der Waals surface area (Å²) in [5.41, 5.74) is -0.656. The fourth-order valence-electron chi connectivity index (χ4n) is 2.61. The molecule has 0 radical (unpaired) electrons. The van der Waals surface area contributed by atoms with Crippen LogP contribution < -0.4 is 16.0 Å². The van der Waals surface area contributed by atoms with Crippen LogP contribution in [0.1, 0.15) is 34.1 Å². The summed E-state index contributed by atoms with van der Waals surface area (Å²) in [6.45, 7) is 8.71. The smallest absolute Gasteiger partial charge is 0.357 e. The molecule has 1 unspecified atom stereocenters. The summed E-state index contributed by atoms with van der Waals surface area (Å²) in [7, 11) is 0. The lowest BCUT2D eigenvalue weighted by atomic mass is 9.92. The molecule has 1 aliphatic heterocycles. The van der Waals surface area contributed by atoms with Gasteiger partial charge in [-0.3, -0.25) is 14.7 Å². The number of nitrogens with one attached hydrogen (secondary N) is 3. The number of guanidine groups is 1. The number of amides is 1. The summed E-state index contributed by atoms with van der Waals surface area (Å²) < 4.78 is 37.4. The van der Waals surface area contributed by atoms with E-state index in [9.17, 15) is 18.0 Å². The third kappa shape index (κ3) is 7.94. The first kappa shape index (κ1) is 21.5. The molecule has 1 rings (SSSR count). The summed E-state index contributed by atoms with van der Waals surface area (Å²) in [6, 6.07) is -0.0901. The summed E-state index contributed by atoms with van der Waals surface area (Å²) >= 11 is 0. The summed E-state index contributed by atoms with van der Waals surface area (Å²) in [4.78, 5) is 17.9. The van der Waals surface area contributed by atoms with Crippen molar-refractivity contribution in [2.45, 2.75) is 46.3 Å². The summed E-state index contributed by atoms with van der Waals surface area (Å²) in [5, 5.41) is 9.04. The topological polar surface area (TPSA) is 68.8 Å². The molecule has 146 valence electrons. The molecule has 25 heavy (non-hydrogen) atoms. The molecule has 6 nitrogen and oxygen atoms in total. The maximum absolute atomic E-state index is 12.5. The number of rotatable bonds is 7. The lowest BCUT2D eigenvalue weighted by Crippen LogP contribution is -2.46. The van der Waals surface area contributed by atoms with Crippen molar-refractivity contribution in [3.05, 3.63) is 0 Å². The van der Waals surface area contributed by atoms with E-state index in [1.165, 1.54) is 4.90 Å². The van der Waals surface area contributed by atoms with E-state index in [1.54, 1.807) is 0 Å². The first-order valence-electron chi connectivity index (χ1n) is 8.69.